The van der Waals surface area contributed by atoms with E-state index in [0.29, 0.717) is 11.1 Å². The van der Waals surface area contributed by atoms with Crippen molar-refractivity contribution in [3.63, 3.8) is 0 Å². The molecule has 1 amide bonds. The minimum Gasteiger partial charge on any atom is -0.337 e. The van der Waals surface area contributed by atoms with Crippen LogP contribution in [-0.2, 0) is 7.05 Å². The number of nitrogens with one attached hydrogen (secondary N) is 1. The van der Waals surface area contributed by atoms with E-state index in [1.807, 2.05) is 11.9 Å². The molecule has 19 heavy (non-hydrogen) atoms. The lowest BCUT2D eigenvalue weighted by Gasteiger charge is -2.44. The molecule has 5 heteroatoms. The van der Waals surface area contributed by atoms with Gasteiger partial charge in [0.2, 0.25) is 0 Å². The van der Waals surface area contributed by atoms with Crippen molar-refractivity contribution in [1.82, 2.24) is 20.0 Å². The molecule has 2 aliphatic heterocycles. The fourth-order valence-electron chi connectivity index (χ4n) is 3.39. The fourth-order valence-corrected chi connectivity index (χ4v) is 3.39. The average molecular weight is 262 g/mol. The standard InChI is InChI=1S/C14H22N4O/c1-17-12(2-7-16-17)13(19)18-10-5-14(6-11-18)3-8-15-9-4-14/h2,7,15H,3-6,8-11H2,1H3. The Morgan fingerprint density at radius 1 is 1.26 bits per heavy atom. The SMILES string of the molecule is Cn1nccc1C(=O)N1CCC2(CCNCC2)CC1. The number of hydrogen-bond donors (Lipinski definition) is 1. The second kappa shape index (κ2) is 4.96. The molecule has 0 bridgehead atoms. The van der Waals surface area contributed by atoms with E-state index in [0.717, 1.165) is 39.0 Å². The van der Waals surface area contributed by atoms with Crippen LogP contribution in [-0.4, -0.2) is 46.8 Å². The highest BCUT2D eigenvalue weighted by atomic mass is 16.2. The van der Waals surface area contributed by atoms with Crippen molar-refractivity contribution >= 4 is 5.91 Å². The quantitative estimate of drug-likeness (QED) is 0.822. The lowest BCUT2D eigenvalue weighted by molar-refractivity contribution is 0.0486. The van der Waals surface area contributed by atoms with Crippen molar-refractivity contribution < 1.29 is 4.79 Å². The van der Waals surface area contributed by atoms with Crippen molar-refractivity contribution in [3.8, 4) is 0 Å². The molecule has 1 spiro atoms. The summed E-state index contributed by atoms with van der Waals surface area (Å²) in [5.41, 5.74) is 1.19. The van der Waals surface area contributed by atoms with Crippen LogP contribution in [0.5, 0.6) is 0 Å². The van der Waals surface area contributed by atoms with Gasteiger partial charge in [-0.15, -0.1) is 0 Å². The molecule has 0 aliphatic carbocycles. The summed E-state index contributed by atoms with van der Waals surface area (Å²) in [5.74, 6) is 0.129. The minimum absolute atomic E-state index is 0.129. The number of piperidine rings is 2. The van der Waals surface area contributed by atoms with Gasteiger partial charge in [-0.2, -0.15) is 5.10 Å². The van der Waals surface area contributed by atoms with Gasteiger partial charge in [-0.3, -0.25) is 9.48 Å². The molecule has 3 heterocycles. The zero-order valence-corrected chi connectivity index (χ0v) is 11.6. The monoisotopic (exact) mass is 262 g/mol. The molecule has 0 radical (unpaired) electrons. The predicted molar refractivity (Wildman–Crippen MR) is 72.9 cm³/mol. The van der Waals surface area contributed by atoms with Crippen molar-refractivity contribution in [2.75, 3.05) is 26.2 Å². The molecule has 0 aromatic carbocycles. The lowest BCUT2D eigenvalue weighted by Crippen LogP contribution is -2.47. The summed E-state index contributed by atoms with van der Waals surface area (Å²) in [6, 6.07) is 1.80. The maximum atomic E-state index is 12.4. The topological polar surface area (TPSA) is 50.2 Å². The first kappa shape index (κ1) is 12.7. The number of carbonyl (C=O) groups is 1. The van der Waals surface area contributed by atoms with Gasteiger partial charge in [-0.1, -0.05) is 0 Å². The number of aryl methyl sites for hydroxylation is 1. The summed E-state index contributed by atoms with van der Waals surface area (Å²) >= 11 is 0. The van der Waals surface area contributed by atoms with Crippen molar-refractivity contribution in [2.24, 2.45) is 12.5 Å². The van der Waals surface area contributed by atoms with Crippen LogP contribution in [0.1, 0.15) is 36.2 Å². The second-order valence-electron chi connectivity index (χ2n) is 5.88. The molecule has 0 atom stereocenters. The Kier molecular flexibility index (Phi) is 3.31. The molecule has 1 aromatic rings. The summed E-state index contributed by atoms with van der Waals surface area (Å²) in [6.07, 6.45) is 6.52. The molecule has 104 valence electrons. The summed E-state index contributed by atoms with van der Waals surface area (Å²) < 4.78 is 1.66. The summed E-state index contributed by atoms with van der Waals surface area (Å²) in [6.45, 7) is 4.05. The van der Waals surface area contributed by atoms with Crippen LogP contribution in [0.25, 0.3) is 0 Å². The van der Waals surface area contributed by atoms with Crippen LogP contribution in [0.4, 0.5) is 0 Å². The maximum absolute atomic E-state index is 12.4. The number of rotatable bonds is 1. The predicted octanol–water partition coefficient (Wildman–Crippen LogP) is 1.03. The Labute approximate surface area is 114 Å². The molecule has 3 rings (SSSR count). The van der Waals surface area contributed by atoms with E-state index in [4.69, 9.17) is 0 Å². The molecular weight excluding hydrogens is 240 g/mol. The summed E-state index contributed by atoms with van der Waals surface area (Å²) in [4.78, 5) is 14.4. The minimum atomic E-state index is 0.129. The Morgan fingerprint density at radius 2 is 1.95 bits per heavy atom. The summed E-state index contributed by atoms with van der Waals surface area (Å²) in [5, 5.41) is 7.50. The zero-order valence-electron chi connectivity index (χ0n) is 11.6. The van der Waals surface area contributed by atoms with Gasteiger partial charge in [0.25, 0.3) is 5.91 Å². The highest BCUT2D eigenvalue weighted by Gasteiger charge is 2.37. The summed E-state index contributed by atoms with van der Waals surface area (Å²) in [7, 11) is 1.82. The van der Waals surface area contributed by atoms with Crippen molar-refractivity contribution in [1.29, 1.82) is 0 Å². The third-order valence-electron chi connectivity index (χ3n) is 4.82. The van der Waals surface area contributed by atoms with E-state index in [2.05, 4.69) is 10.4 Å². The van der Waals surface area contributed by atoms with Gasteiger partial charge in [0.15, 0.2) is 0 Å². The number of likely N-dealkylation sites (tertiary alicyclic amines) is 1. The molecule has 0 unspecified atom stereocenters. The first-order valence-corrected chi connectivity index (χ1v) is 7.18. The van der Waals surface area contributed by atoms with Gasteiger partial charge in [0.05, 0.1) is 0 Å². The molecule has 2 aliphatic rings. The Morgan fingerprint density at radius 3 is 2.53 bits per heavy atom. The van der Waals surface area contributed by atoms with Crippen LogP contribution >= 0.6 is 0 Å². The molecule has 1 N–H and O–H groups in total. The highest BCUT2D eigenvalue weighted by molar-refractivity contribution is 5.92. The van der Waals surface area contributed by atoms with Gasteiger partial charge >= 0.3 is 0 Å². The van der Waals surface area contributed by atoms with Crippen LogP contribution in [0.15, 0.2) is 12.3 Å². The van der Waals surface area contributed by atoms with Gasteiger partial charge < -0.3 is 10.2 Å². The molecule has 1 aromatic heterocycles. The maximum Gasteiger partial charge on any atom is 0.272 e. The van der Waals surface area contributed by atoms with Crippen molar-refractivity contribution in [3.05, 3.63) is 18.0 Å². The highest BCUT2D eigenvalue weighted by Crippen LogP contribution is 2.39. The smallest absolute Gasteiger partial charge is 0.272 e. The van der Waals surface area contributed by atoms with Gasteiger partial charge in [-0.05, 0) is 50.3 Å². The zero-order chi connectivity index (χ0) is 13.3. The average Bonchev–Trinajstić information content (AvgIpc) is 2.86. The first-order valence-electron chi connectivity index (χ1n) is 7.18. The van der Waals surface area contributed by atoms with E-state index < -0.39 is 0 Å². The fraction of sp³-hybridized carbons (Fsp3) is 0.714. The second-order valence-corrected chi connectivity index (χ2v) is 5.88. The van der Waals surface area contributed by atoms with Crippen LogP contribution < -0.4 is 5.32 Å². The van der Waals surface area contributed by atoms with Crippen LogP contribution in [0, 0.1) is 5.41 Å². The van der Waals surface area contributed by atoms with Crippen molar-refractivity contribution in [2.45, 2.75) is 25.7 Å². The Bertz CT molecular complexity index is 452. The number of aromatic nitrogens is 2. The number of hydrogen-bond acceptors (Lipinski definition) is 3. The van der Waals surface area contributed by atoms with Gasteiger partial charge in [-0.25, -0.2) is 0 Å². The molecule has 2 fully saturated rings. The lowest BCUT2D eigenvalue weighted by atomic mass is 9.71. The normalized spacial score (nSPS) is 22.7. The number of nitrogens with zero attached hydrogens (tertiary/aromatic N) is 3. The van der Waals surface area contributed by atoms with E-state index in [-0.39, 0.29) is 5.91 Å². The Balaban J connectivity index is 1.64. The van der Waals surface area contributed by atoms with E-state index >= 15 is 0 Å². The molecule has 5 nitrogen and oxygen atoms in total. The molecular formula is C14H22N4O. The third kappa shape index (κ3) is 2.39. The van der Waals surface area contributed by atoms with E-state index in [1.54, 1.807) is 16.9 Å². The molecule has 0 saturated carbocycles. The number of carbonyl (C=O) groups excluding carboxylic acids is 1. The number of amides is 1. The Hall–Kier alpha value is -1.36. The van der Waals surface area contributed by atoms with Crippen LogP contribution in [0.2, 0.25) is 0 Å². The van der Waals surface area contributed by atoms with E-state index in [1.165, 1.54) is 12.8 Å². The third-order valence-corrected chi connectivity index (χ3v) is 4.82. The van der Waals surface area contributed by atoms with Gasteiger partial charge in [0, 0.05) is 26.3 Å². The largest absolute Gasteiger partial charge is 0.337 e. The van der Waals surface area contributed by atoms with Gasteiger partial charge in [0.1, 0.15) is 5.69 Å². The molecule has 2 saturated heterocycles. The van der Waals surface area contributed by atoms with E-state index in [9.17, 15) is 4.79 Å². The first-order chi connectivity index (χ1) is 9.20. The van der Waals surface area contributed by atoms with Crippen LogP contribution in [0.3, 0.4) is 0 Å².